The normalized spacial score (nSPS) is 15.3. The molecule has 23 heavy (non-hydrogen) atoms. The smallest absolute Gasteiger partial charge is 0.247 e. The van der Waals surface area contributed by atoms with Crippen LogP contribution in [0.25, 0.3) is 0 Å². The van der Waals surface area contributed by atoms with E-state index in [4.69, 9.17) is 0 Å². The number of hydrogen-bond donors (Lipinski definition) is 3. The second-order valence-corrected chi connectivity index (χ2v) is 5.90. The SMILES string of the molecule is C=CC(=O)Nc1ccc2c(c1)N=CNC2Nc1cccc(Br)c1. The topological polar surface area (TPSA) is 65.5 Å². The molecule has 1 heterocycles. The molecule has 0 saturated carbocycles. The Kier molecular flexibility index (Phi) is 4.43. The maximum Gasteiger partial charge on any atom is 0.247 e. The van der Waals surface area contributed by atoms with Crippen molar-refractivity contribution in [1.29, 1.82) is 0 Å². The Morgan fingerprint density at radius 1 is 1.26 bits per heavy atom. The Labute approximate surface area is 142 Å². The Morgan fingerprint density at radius 2 is 2.13 bits per heavy atom. The van der Waals surface area contributed by atoms with Crippen molar-refractivity contribution in [2.45, 2.75) is 6.17 Å². The van der Waals surface area contributed by atoms with Gasteiger partial charge in [-0.3, -0.25) is 4.79 Å². The molecule has 0 fully saturated rings. The molecule has 0 spiro atoms. The summed E-state index contributed by atoms with van der Waals surface area (Å²) < 4.78 is 1.01. The highest BCUT2D eigenvalue weighted by molar-refractivity contribution is 9.10. The molecule has 1 aliphatic heterocycles. The van der Waals surface area contributed by atoms with E-state index in [1.807, 2.05) is 42.5 Å². The second-order valence-electron chi connectivity index (χ2n) is 4.98. The lowest BCUT2D eigenvalue weighted by atomic mass is 10.1. The minimum Gasteiger partial charge on any atom is -0.362 e. The van der Waals surface area contributed by atoms with Crippen LogP contribution in [0.5, 0.6) is 0 Å². The molecule has 3 N–H and O–H groups in total. The van der Waals surface area contributed by atoms with Crippen molar-refractivity contribution < 1.29 is 4.79 Å². The third-order valence-electron chi connectivity index (χ3n) is 3.37. The largest absolute Gasteiger partial charge is 0.362 e. The van der Waals surface area contributed by atoms with E-state index in [1.54, 1.807) is 6.34 Å². The minimum atomic E-state index is -0.244. The van der Waals surface area contributed by atoms with Crippen LogP contribution in [0.3, 0.4) is 0 Å². The molecule has 3 rings (SSSR count). The number of hydrogen-bond acceptors (Lipinski definition) is 4. The molecule has 1 amide bonds. The molecule has 0 saturated heterocycles. The number of fused-ring (bicyclic) bond motifs is 1. The zero-order valence-corrected chi connectivity index (χ0v) is 13.8. The summed E-state index contributed by atoms with van der Waals surface area (Å²) in [4.78, 5) is 15.7. The number of nitrogens with zero attached hydrogens (tertiary/aromatic N) is 1. The average Bonchev–Trinajstić information content (AvgIpc) is 2.55. The highest BCUT2D eigenvalue weighted by Gasteiger charge is 2.18. The quantitative estimate of drug-likeness (QED) is 0.713. The van der Waals surface area contributed by atoms with E-state index in [-0.39, 0.29) is 12.1 Å². The van der Waals surface area contributed by atoms with Crippen LogP contribution < -0.4 is 16.0 Å². The molecule has 1 aliphatic rings. The minimum absolute atomic E-state index is 0.0963. The number of nitrogens with one attached hydrogen (secondary N) is 3. The van der Waals surface area contributed by atoms with Gasteiger partial charge in [0, 0.05) is 21.4 Å². The highest BCUT2D eigenvalue weighted by atomic mass is 79.9. The van der Waals surface area contributed by atoms with Gasteiger partial charge in [0.25, 0.3) is 0 Å². The molecule has 116 valence electrons. The van der Waals surface area contributed by atoms with Crippen LogP contribution in [0.15, 0.2) is 64.6 Å². The maximum atomic E-state index is 11.4. The average molecular weight is 371 g/mol. The van der Waals surface area contributed by atoms with Crippen LogP contribution in [0, 0.1) is 0 Å². The molecule has 6 heteroatoms. The Morgan fingerprint density at radius 3 is 2.91 bits per heavy atom. The predicted molar refractivity (Wildman–Crippen MR) is 97.1 cm³/mol. The monoisotopic (exact) mass is 370 g/mol. The zero-order chi connectivity index (χ0) is 16.2. The second kappa shape index (κ2) is 6.66. The summed E-state index contributed by atoms with van der Waals surface area (Å²) in [6.45, 7) is 3.44. The first-order valence-corrected chi connectivity index (χ1v) is 7.83. The van der Waals surface area contributed by atoms with E-state index in [0.29, 0.717) is 5.69 Å². The third kappa shape index (κ3) is 3.60. The summed E-state index contributed by atoms with van der Waals surface area (Å²) in [6, 6.07) is 13.6. The van der Waals surface area contributed by atoms with Crippen LogP contribution in [-0.2, 0) is 4.79 Å². The first-order valence-electron chi connectivity index (χ1n) is 7.04. The summed E-state index contributed by atoms with van der Waals surface area (Å²) in [7, 11) is 0. The van der Waals surface area contributed by atoms with Gasteiger partial charge < -0.3 is 16.0 Å². The lowest BCUT2D eigenvalue weighted by Crippen LogP contribution is -2.29. The number of anilines is 2. The van der Waals surface area contributed by atoms with E-state index in [0.717, 1.165) is 21.4 Å². The first-order chi connectivity index (χ1) is 11.2. The van der Waals surface area contributed by atoms with Crippen molar-refractivity contribution in [1.82, 2.24) is 5.32 Å². The molecule has 0 bridgehead atoms. The summed E-state index contributed by atoms with van der Waals surface area (Å²) in [5.74, 6) is -0.244. The lowest BCUT2D eigenvalue weighted by Gasteiger charge is -2.25. The van der Waals surface area contributed by atoms with Gasteiger partial charge in [0.2, 0.25) is 5.91 Å². The van der Waals surface area contributed by atoms with Crippen molar-refractivity contribution in [3.8, 4) is 0 Å². The summed E-state index contributed by atoms with van der Waals surface area (Å²) >= 11 is 3.46. The first kappa shape index (κ1) is 15.3. The highest BCUT2D eigenvalue weighted by Crippen LogP contribution is 2.32. The molecule has 0 radical (unpaired) electrons. The van der Waals surface area contributed by atoms with E-state index < -0.39 is 0 Å². The van der Waals surface area contributed by atoms with Gasteiger partial charge in [-0.25, -0.2) is 4.99 Å². The standard InChI is InChI=1S/C17H15BrN4O/c1-2-16(23)21-13-6-7-14-15(9-13)19-10-20-17(14)22-12-5-3-4-11(18)8-12/h2-10,17,22H,1H2,(H,19,20)(H,21,23). The number of carbonyl (C=O) groups excluding carboxylic acids is 1. The van der Waals surface area contributed by atoms with Gasteiger partial charge in [0.05, 0.1) is 12.0 Å². The number of rotatable bonds is 4. The summed E-state index contributed by atoms with van der Waals surface area (Å²) in [5.41, 5.74) is 3.48. The maximum absolute atomic E-state index is 11.4. The molecule has 1 atom stereocenters. The van der Waals surface area contributed by atoms with Crippen LogP contribution >= 0.6 is 15.9 Å². The van der Waals surface area contributed by atoms with Crippen molar-refractivity contribution in [3.63, 3.8) is 0 Å². The van der Waals surface area contributed by atoms with E-state index in [2.05, 4.69) is 43.5 Å². The Hall–Kier alpha value is -2.60. The zero-order valence-electron chi connectivity index (χ0n) is 12.2. The number of benzene rings is 2. The van der Waals surface area contributed by atoms with Gasteiger partial charge in [-0.2, -0.15) is 0 Å². The summed E-state index contributed by atoms with van der Waals surface area (Å²) in [6.07, 6.45) is 2.79. The Bertz CT molecular complexity index is 788. The van der Waals surface area contributed by atoms with E-state index >= 15 is 0 Å². The number of halogens is 1. The van der Waals surface area contributed by atoms with Crippen molar-refractivity contribution >= 4 is 45.2 Å². The molecule has 2 aromatic carbocycles. The van der Waals surface area contributed by atoms with Gasteiger partial charge in [0.1, 0.15) is 6.17 Å². The van der Waals surface area contributed by atoms with Crippen LogP contribution in [0.2, 0.25) is 0 Å². The van der Waals surface area contributed by atoms with Crippen LogP contribution in [0.4, 0.5) is 17.1 Å². The van der Waals surface area contributed by atoms with Crippen molar-refractivity contribution in [3.05, 3.63) is 65.2 Å². The number of amides is 1. The Balaban J connectivity index is 1.83. The molecular weight excluding hydrogens is 356 g/mol. The molecule has 0 aromatic heterocycles. The third-order valence-corrected chi connectivity index (χ3v) is 3.87. The van der Waals surface area contributed by atoms with Gasteiger partial charge in [-0.1, -0.05) is 34.6 Å². The van der Waals surface area contributed by atoms with E-state index in [9.17, 15) is 4.79 Å². The molecule has 1 unspecified atom stereocenters. The predicted octanol–water partition coefficient (Wildman–Crippen LogP) is 3.95. The number of carbonyl (C=O) groups is 1. The molecule has 0 aliphatic carbocycles. The van der Waals surface area contributed by atoms with E-state index in [1.165, 1.54) is 6.08 Å². The fraction of sp³-hybridized carbons (Fsp3) is 0.0588. The fourth-order valence-electron chi connectivity index (χ4n) is 2.31. The number of aliphatic imine (C=N–C) groups is 1. The summed E-state index contributed by atoms with van der Waals surface area (Å²) in [5, 5.41) is 9.34. The van der Waals surface area contributed by atoms with Crippen molar-refractivity contribution in [2.24, 2.45) is 4.99 Å². The van der Waals surface area contributed by atoms with Crippen LogP contribution in [-0.4, -0.2) is 12.2 Å². The lowest BCUT2D eigenvalue weighted by molar-refractivity contribution is -0.111. The fourth-order valence-corrected chi connectivity index (χ4v) is 2.71. The molecule has 5 nitrogen and oxygen atoms in total. The molecular formula is C17H15BrN4O. The van der Waals surface area contributed by atoms with Crippen molar-refractivity contribution in [2.75, 3.05) is 10.6 Å². The van der Waals surface area contributed by atoms with Gasteiger partial charge in [0.15, 0.2) is 0 Å². The molecule has 2 aromatic rings. The van der Waals surface area contributed by atoms with Crippen LogP contribution in [0.1, 0.15) is 11.7 Å². The van der Waals surface area contributed by atoms with Gasteiger partial charge in [-0.15, -0.1) is 0 Å². The van der Waals surface area contributed by atoms with Gasteiger partial charge >= 0.3 is 0 Å². The van der Waals surface area contributed by atoms with Gasteiger partial charge in [-0.05, 0) is 36.4 Å².